The number of amides is 1. The van der Waals surface area contributed by atoms with Crippen LogP contribution in [0.3, 0.4) is 0 Å². The van der Waals surface area contributed by atoms with E-state index in [2.05, 4.69) is 17.2 Å². The van der Waals surface area contributed by atoms with Crippen LogP contribution in [0.1, 0.15) is 45.2 Å². The third-order valence-electron chi connectivity index (χ3n) is 3.01. The topological polar surface area (TPSA) is 84.9 Å². The highest BCUT2D eigenvalue weighted by molar-refractivity contribution is 5.81. The van der Waals surface area contributed by atoms with Crippen LogP contribution in [0.25, 0.3) is 0 Å². The van der Waals surface area contributed by atoms with Crippen LogP contribution in [0, 0.1) is 11.8 Å². The normalized spacial score (nSPS) is 11.7. The van der Waals surface area contributed by atoms with Crippen molar-refractivity contribution in [3.8, 4) is 11.8 Å². The highest BCUT2D eigenvalue weighted by atomic mass is 16.6. The minimum Gasteiger partial charge on any atom is -0.459 e. The molecule has 0 aliphatic heterocycles. The van der Waals surface area contributed by atoms with E-state index in [1.165, 1.54) is 0 Å². The number of nitrogens with one attached hydrogen (secondary N) is 1. The Bertz CT molecular complexity index is 652. The minimum absolute atomic E-state index is 0.0404. The van der Waals surface area contributed by atoms with Gasteiger partial charge in [0.05, 0.1) is 6.61 Å². The lowest BCUT2D eigenvalue weighted by Crippen LogP contribution is -2.44. The number of hydrogen-bond acceptors (Lipinski definition) is 5. The molecule has 1 aromatic carbocycles. The molecule has 6 nitrogen and oxygen atoms in total. The molecule has 25 heavy (non-hydrogen) atoms. The van der Waals surface area contributed by atoms with E-state index in [1.807, 2.05) is 0 Å². The first kappa shape index (κ1) is 20.5. The van der Waals surface area contributed by atoms with Crippen LogP contribution in [0.5, 0.6) is 0 Å². The number of carbonyl (C=O) groups is 2. The molecule has 0 saturated carbocycles. The van der Waals surface area contributed by atoms with E-state index in [1.54, 1.807) is 52.0 Å². The fourth-order valence-electron chi connectivity index (χ4n) is 1.92. The molecule has 0 radical (unpaired) electrons. The third-order valence-corrected chi connectivity index (χ3v) is 3.01. The Labute approximate surface area is 148 Å². The third kappa shape index (κ3) is 8.23. The maximum absolute atomic E-state index is 12.3. The first-order chi connectivity index (χ1) is 11.7. The van der Waals surface area contributed by atoms with Crippen molar-refractivity contribution in [1.82, 2.24) is 5.32 Å². The Morgan fingerprint density at radius 3 is 2.56 bits per heavy atom. The molecule has 0 fully saturated rings. The molecule has 1 amide bonds. The molecular weight excluding hydrogens is 322 g/mol. The smallest absolute Gasteiger partial charge is 0.408 e. The molecule has 6 heteroatoms. The summed E-state index contributed by atoms with van der Waals surface area (Å²) in [5, 5.41) is 11.6. The molecule has 0 aliphatic rings. The molecule has 0 unspecified atom stereocenters. The van der Waals surface area contributed by atoms with Crippen LogP contribution in [-0.2, 0) is 27.5 Å². The van der Waals surface area contributed by atoms with Gasteiger partial charge in [0.1, 0.15) is 18.2 Å². The Morgan fingerprint density at radius 2 is 1.96 bits per heavy atom. The summed E-state index contributed by atoms with van der Waals surface area (Å²) in [6.45, 7) is 6.81. The summed E-state index contributed by atoms with van der Waals surface area (Å²) in [6.07, 6.45) is -0.569. The number of aliphatic hydroxyl groups is 1. The summed E-state index contributed by atoms with van der Waals surface area (Å²) in [5.74, 6) is 4.85. The predicted octanol–water partition coefficient (Wildman–Crippen LogP) is 2.53. The molecule has 0 spiro atoms. The SMILES string of the molecule is CC#CC[C@@H](NC(=O)OC(C)(C)C)C(=O)OCc1cccc(CO)c1. The van der Waals surface area contributed by atoms with Gasteiger partial charge in [0.25, 0.3) is 0 Å². The average Bonchev–Trinajstić information content (AvgIpc) is 2.55. The molecule has 1 atom stereocenters. The summed E-state index contributed by atoms with van der Waals surface area (Å²) in [4.78, 5) is 24.1. The van der Waals surface area contributed by atoms with Gasteiger partial charge in [0.15, 0.2) is 0 Å². The van der Waals surface area contributed by atoms with Gasteiger partial charge >= 0.3 is 12.1 Å². The molecular formula is C19H25NO5. The molecule has 2 N–H and O–H groups in total. The second-order valence-corrected chi connectivity index (χ2v) is 6.42. The maximum atomic E-state index is 12.3. The molecule has 0 bridgehead atoms. The van der Waals surface area contributed by atoms with E-state index in [0.717, 1.165) is 11.1 Å². The molecule has 0 aromatic heterocycles. The molecule has 136 valence electrons. The molecule has 0 aliphatic carbocycles. The van der Waals surface area contributed by atoms with Gasteiger partial charge in [-0.2, -0.15) is 0 Å². The zero-order valence-corrected chi connectivity index (χ0v) is 15.1. The van der Waals surface area contributed by atoms with Crippen molar-refractivity contribution in [3.05, 3.63) is 35.4 Å². The van der Waals surface area contributed by atoms with Gasteiger partial charge < -0.3 is 19.9 Å². The van der Waals surface area contributed by atoms with Gasteiger partial charge in [-0.15, -0.1) is 11.8 Å². The lowest BCUT2D eigenvalue weighted by molar-refractivity contribution is -0.147. The summed E-state index contributed by atoms with van der Waals surface area (Å²) < 4.78 is 10.4. The van der Waals surface area contributed by atoms with Gasteiger partial charge in [-0.05, 0) is 38.8 Å². The monoisotopic (exact) mass is 347 g/mol. The number of benzene rings is 1. The first-order valence-electron chi connectivity index (χ1n) is 7.99. The summed E-state index contributed by atoms with van der Waals surface area (Å²) in [6, 6.07) is 6.16. The van der Waals surface area contributed by atoms with E-state index in [4.69, 9.17) is 14.6 Å². The van der Waals surface area contributed by atoms with Crippen LogP contribution < -0.4 is 5.32 Å². The number of rotatable bonds is 6. The van der Waals surface area contributed by atoms with E-state index in [-0.39, 0.29) is 19.6 Å². The van der Waals surface area contributed by atoms with Crippen molar-refractivity contribution in [2.24, 2.45) is 0 Å². The number of hydrogen-bond donors (Lipinski definition) is 2. The first-order valence-corrected chi connectivity index (χ1v) is 7.99. The Balaban J connectivity index is 2.68. The zero-order chi connectivity index (χ0) is 18.9. The van der Waals surface area contributed by atoms with Gasteiger partial charge in [0, 0.05) is 6.42 Å². The number of aliphatic hydroxyl groups excluding tert-OH is 1. The van der Waals surface area contributed by atoms with Crippen LogP contribution in [-0.4, -0.2) is 28.8 Å². The lowest BCUT2D eigenvalue weighted by atomic mass is 10.1. The quantitative estimate of drug-likeness (QED) is 0.610. The summed E-state index contributed by atoms with van der Waals surface area (Å²) in [5.41, 5.74) is 0.811. The highest BCUT2D eigenvalue weighted by Gasteiger charge is 2.25. The Morgan fingerprint density at radius 1 is 1.28 bits per heavy atom. The fourth-order valence-corrected chi connectivity index (χ4v) is 1.92. The maximum Gasteiger partial charge on any atom is 0.408 e. The van der Waals surface area contributed by atoms with Crippen LogP contribution in [0.4, 0.5) is 4.79 Å². The molecule has 0 saturated heterocycles. The van der Waals surface area contributed by atoms with Gasteiger partial charge in [-0.3, -0.25) is 0 Å². The number of ether oxygens (including phenoxy) is 2. The highest BCUT2D eigenvalue weighted by Crippen LogP contribution is 2.10. The molecule has 0 heterocycles. The van der Waals surface area contributed by atoms with Crippen molar-refractivity contribution in [2.75, 3.05) is 0 Å². The van der Waals surface area contributed by atoms with Crippen molar-refractivity contribution in [3.63, 3.8) is 0 Å². The van der Waals surface area contributed by atoms with E-state index < -0.39 is 23.7 Å². The van der Waals surface area contributed by atoms with Crippen molar-refractivity contribution >= 4 is 12.1 Å². The summed E-state index contributed by atoms with van der Waals surface area (Å²) in [7, 11) is 0. The Hall–Kier alpha value is -2.52. The predicted molar refractivity (Wildman–Crippen MR) is 93.4 cm³/mol. The number of carbonyl (C=O) groups excluding carboxylic acids is 2. The van der Waals surface area contributed by atoms with Crippen LogP contribution in [0.15, 0.2) is 24.3 Å². The lowest BCUT2D eigenvalue weighted by Gasteiger charge is -2.22. The molecule has 1 aromatic rings. The van der Waals surface area contributed by atoms with Gasteiger partial charge in [0.2, 0.25) is 0 Å². The van der Waals surface area contributed by atoms with E-state index in [9.17, 15) is 9.59 Å². The van der Waals surface area contributed by atoms with Crippen molar-refractivity contribution in [1.29, 1.82) is 0 Å². The minimum atomic E-state index is -0.914. The van der Waals surface area contributed by atoms with Gasteiger partial charge in [-0.25, -0.2) is 9.59 Å². The standard InChI is InChI=1S/C19H25NO5/c1-5-6-10-16(20-18(23)25-19(2,3)4)17(22)24-13-15-9-7-8-14(11-15)12-21/h7-9,11,16,21H,10,12-13H2,1-4H3,(H,20,23)/t16-/m1/s1. The second kappa shape index (κ2) is 9.70. The van der Waals surface area contributed by atoms with Crippen LogP contribution in [0.2, 0.25) is 0 Å². The van der Waals surface area contributed by atoms with E-state index in [0.29, 0.717) is 0 Å². The zero-order valence-electron chi connectivity index (χ0n) is 15.1. The van der Waals surface area contributed by atoms with Crippen molar-refractivity contribution in [2.45, 2.75) is 59.0 Å². The molecule has 1 rings (SSSR count). The van der Waals surface area contributed by atoms with Gasteiger partial charge in [-0.1, -0.05) is 24.3 Å². The van der Waals surface area contributed by atoms with Crippen molar-refractivity contribution < 1.29 is 24.2 Å². The Kier molecular flexibility index (Phi) is 7.96. The average molecular weight is 347 g/mol. The number of esters is 1. The summed E-state index contributed by atoms with van der Waals surface area (Å²) >= 11 is 0. The van der Waals surface area contributed by atoms with Crippen LogP contribution >= 0.6 is 0 Å². The van der Waals surface area contributed by atoms with E-state index >= 15 is 0 Å². The largest absolute Gasteiger partial charge is 0.459 e. The second-order valence-electron chi connectivity index (χ2n) is 6.42. The fraction of sp³-hybridized carbons (Fsp3) is 0.474. The number of alkyl carbamates (subject to hydrolysis) is 1.